The number of sulfone groups is 1. The minimum Gasteiger partial charge on any atom is -0.480 e. The highest BCUT2D eigenvalue weighted by molar-refractivity contribution is 7.91. The van der Waals surface area contributed by atoms with Crippen LogP contribution in [0.5, 0.6) is 5.75 Å². The average molecular weight is 287 g/mol. The van der Waals surface area contributed by atoms with Crippen LogP contribution in [0.4, 0.5) is 5.69 Å². The van der Waals surface area contributed by atoms with Crippen LogP contribution in [0.2, 0.25) is 0 Å². The van der Waals surface area contributed by atoms with Crippen molar-refractivity contribution in [2.24, 2.45) is 0 Å². The monoisotopic (exact) mass is 287 g/mol. The third-order valence-corrected chi connectivity index (χ3v) is 2.69. The lowest BCUT2D eigenvalue weighted by Gasteiger charge is -2.10. The lowest BCUT2D eigenvalue weighted by atomic mass is 10.3. The molecule has 0 atom stereocenters. The van der Waals surface area contributed by atoms with Gasteiger partial charge in [0.25, 0.3) is 0 Å². The van der Waals surface area contributed by atoms with Gasteiger partial charge in [0.2, 0.25) is 5.91 Å². The Morgan fingerprint density at radius 1 is 1.32 bits per heavy atom. The van der Waals surface area contributed by atoms with Gasteiger partial charge in [0.05, 0.1) is 5.69 Å². The van der Waals surface area contributed by atoms with Gasteiger partial charge in [-0.2, -0.15) is 0 Å². The van der Waals surface area contributed by atoms with Crippen molar-refractivity contribution in [3.63, 3.8) is 0 Å². The zero-order valence-corrected chi connectivity index (χ0v) is 10.9. The summed E-state index contributed by atoms with van der Waals surface area (Å²) in [7, 11) is -3.43. The van der Waals surface area contributed by atoms with E-state index < -0.39 is 34.1 Å². The van der Waals surface area contributed by atoms with Crippen molar-refractivity contribution in [2.45, 2.75) is 0 Å². The van der Waals surface area contributed by atoms with E-state index in [1.165, 1.54) is 12.1 Å². The molecule has 1 rings (SSSR count). The van der Waals surface area contributed by atoms with Crippen LogP contribution in [-0.4, -0.2) is 44.0 Å². The number of carbonyl (C=O) groups is 2. The Balaban J connectivity index is 2.77. The fraction of sp³-hybridized carbons (Fsp3) is 0.273. The van der Waals surface area contributed by atoms with E-state index in [0.29, 0.717) is 0 Å². The maximum atomic E-state index is 11.5. The van der Waals surface area contributed by atoms with Crippen LogP contribution in [0.25, 0.3) is 0 Å². The van der Waals surface area contributed by atoms with Crippen molar-refractivity contribution in [1.82, 2.24) is 0 Å². The summed E-state index contributed by atoms with van der Waals surface area (Å²) in [6, 6.07) is 6.16. The van der Waals surface area contributed by atoms with E-state index in [4.69, 9.17) is 9.84 Å². The molecular weight excluding hydrogens is 274 g/mol. The molecule has 0 saturated heterocycles. The van der Waals surface area contributed by atoms with Gasteiger partial charge in [-0.25, -0.2) is 13.2 Å². The summed E-state index contributed by atoms with van der Waals surface area (Å²) in [5, 5.41) is 10.9. The average Bonchev–Trinajstić information content (AvgIpc) is 2.25. The van der Waals surface area contributed by atoms with Crippen LogP contribution in [0.15, 0.2) is 24.3 Å². The molecule has 0 heterocycles. The third kappa shape index (κ3) is 5.87. The SMILES string of the molecule is CS(=O)(=O)CC(=O)Nc1ccccc1OCC(=O)O. The minimum absolute atomic E-state index is 0.159. The molecule has 1 aromatic rings. The highest BCUT2D eigenvalue weighted by Gasteiger charge is 2.13. The molecule has 104 valence electrons. The van der Waals surface area contributed by atoms with Gasteiger partial charge in [-0.15, -0.1) is 0 Å². The summed E-state index contributed by atoms with van der Waals surface area (Å²) in [6.07, 6.45) is 0.944. The van der Waals surface area contributed by atoms with Crippen LogP contribution in [0.1, 0.15) is 0 Å². The number of amides is 1. The van der Waals surface area contributed by atoms with E-state index in [-0.39, 0.29) is 11.4 Å². The van der Waals surface area contributed by atoms with E-state index in [1.807, 2.05) is 0 Å². The Kier molecular flexibility index (Phi) is 4.87. The first kappa shape index (κ1) is 15.0. The lowest BCUT2D eigenvalue weighted by Crippen LogP contribution is -2.22. The zero-order chi connectivity index (χ0) is 14.5. The quantitative estimate of drug-likeness (QED) is 0.769. The molecule has 7 nitrogen and oxygen atoms in total. The molecule has 8 heteroatoms. The molecule has 0 radical (unpaired) electrons. The number of hydrogen-bond acceptors (Lipinski definition) is 5. The van der Waals surface area contributed by atoms with Crippen LogP contribution < -0.4 is 10.1 Å². The second kappa shape index (κ2) is 6.19. The van der Waals surface area contributed by atoms with Crippen molar-refractivity contribution in [1.29, 1.82) is 0 Å². The van der Waals surface area contributed by atoms with E-state index in [9.17, 15) is 18.0 Å². The second-order valence-electron chi connectivity index (χ2n) is 3.80. The molecule has 1 amide bonds. The van der Waals surface area contributed by atoms with Gasteiger partial charge in [-0.1, -0.05) is 12.1 Å². The van der Waals surface area contributed by atoms with Crippen LogP contribution in [0, 0.1) is 0 Å². The largest absolute Gasteiger partial charge is 0.480 e. The smallest absolute Gasteiger partial charge is 0.341 e. The molecule has 0 bridgehead atoms. The number of nitrogens with one attached hydrogen (secondary N) is 1. The van der Waals surface area contributed by atoms with Gasteiger partial charge >= 0.3 is 5.97 Å². The topological polar surface area (TPSA) is 110 Å². The molecular formula is C11H13NO6S. The summed E-state index contributed by atoms with van der Waals surface area (Å²) in [4.78, 5) is 21.9. The Bertz CT molecular complexity index is 581. The Hall–Kier alpha value is -2.09. The highest BCUT2D eigenvalue weighted by atomic mass is 32.2. The van der Waals surface area contributed by atoms with E-state index in [2.05, 4.69) is 5.32 Å². The van der Waals surface area contributed by atoms with E-state index in [1.54, 1.807) is 12.1 Å². The van der Waals surface area contributed by atoms with Gasteiger partial charge in [0.15, 0.2) is 16.4 Å². The molecule has 0 aliphatic carbocycles. The second-order valence-corrected chi connectivity index (χ2v) is 5.94. The molecule has 0 unspecified atom stereocenters. The molecule has 19 heavy (non-hydrogen) atoms. The van der Waals surface area contributed by atoms with Crippen LogP contribution >= 0.6 is 0 Å². The van der Waals surface area contributed by atoms with Gasteiger partial charge in [-0.3, -0.25) is 4.79 Å². The fourth-order valence-electron chi connectivity index (χ4n) is 1.26. The standard InChI is InChI=1S/C11H13NO6S/c1-19(16,17)7-10(13)12-8-4-2-3-5-9(8)18-6-11(14)15/h2-5H,6-7H2,1H3,(H,12,13)(H,14,15). The molecule has 0 fully saturated rings. The van der Waals surface area contributed by atoms with E-state index >= 15 is 0 Å². The van der Waals surface area contributed by atoms with Gasteiger partial charge in [-0.05, 0) is 12.1 Å². The summed E-state index contributed by atoms with van der Waals surface area (Å²) < 4.78 is 26.9. The number of anilines is 1. The van der Waals surface area contributed by atoms with Crippen molar-refractivity contribution in [2.75, 3.05) is 23.9 Å². The molecule has 0 saturated carbocycles. The van der Waals surface area contributed by atoms with Crippen molar-refractivity contribution in [3.8, 4) is 5.75 Å². The lowest BCUT2D eigenvalue weighted by molar-refractivity contribution is -0.139. The number of para-hydroxylation sites is 2. The number of benzene rings is 1. The van der Waals surface area contributed by atoms with Gasteiger partial charge in [0.1, 0.15) is 11.5 Å². The molecule has 0 spiro atoms. The van der Waals surface area contributed by atoms with Crippen LogP contribution in [0.3, 0.4) is 0 Å². The zero-order valence-electron chi connectivity index (χ0n) is 10.1. The number of ether oxygens (including phenoxy) is 1. The summed E-state index contributed by atoms with van der Waals surface area (Å²) in [5.41, 5.74) is 0.220. The maximum absolute atomic E-state index is 11.5. The van der Waals surface area contributed by atoms with Crippen molar-refractivity contribution in [3.05, 3.63) is 24.3 Å². The summed E-state index contributed by atoms with van der Waals surface area (Å²) in [5.74, 6) is -2.36. The molecule has 2 N–H and O–H groups in total. The molecule has 0 aliphatic rings. The van der Waals surface area contributed by atoms with Crippen molar-refractivity contribution >= 4 is 27.4 Å². The summed E-state index contributed by atoms with van der Waals surface area (Å²) >= 11 is 0. The predicted octanol–water partition coefficient (Wildman–Crippen LogP) is 0.133. The number of carboxylic acid groups (broad SMARTS) is 1. The third-order valence-electron chi connectivity index (χ3n) is 1.91. The van der Waals surface area contributed by atoms with Gasteiger partial charge in [0, 0.05) is 6.26 Å². The van der Waals surface area contributed by atoms with Crippen molar-refractivity contribution < 1.29 is 27.9 Å². The predicted molar refractivity (Wildman–Crippen MR) is 67.9 cm³/mol. The Morgan fingerprint density at radius 2 is 1.95 bits per heavy atom. The first-order valence-corrected chi connectivity index (χ1v) is 7.25. The first-order valence-electron chi connectivity index (χ1n) is 5.19. The summed E-state index contributed by atoms with van der Waals surface area (Å²) in [6.45, 7) is -0.557. The highest BCUT2D eigenvalue weighted by Crippen LogP contribution is 2.23. The number of rotatable bonds is 6. The Labute approximate surface area is 110 Å². The number of aliphatic carboxylic acids is 1. The molecule has 1 aromatic carbocycles. The van der Waals surface area contributed by atoms with Gasteiger partial charge < -0.3 is 15.2 Å². The minimum atomic E-state index is -3.43. The number of carboxylic acids is 1. The number of carbonyl (C=O) groups excluding carboxylic acids is 1. The maximum Gasteiger partial charge on any atom is 0.341 e. The molecule has 0 aromatic heterocycles. The Morgan fingerprint density at radius 3 is 2.53 bits per heavy atom. The molecule has 0 aliphatic heterocycles. The first-order chi connectivity index (χ1) is 8.78. The van der Waals surface area contributed by atoms with Crippen LogP contribution in [-0.2, 0) is 19.4 Å². The normalized spacial score (nSPS) is 10.8. The number of hydrogen-bond donors (Lipinski definition) is 2. The fourth-order valence-corrected chi connectivity index (χ4v) is 1.81. The van der Waals surface area contributed by atoms with E-state index in [0.717, 1.165) is 6.26 Å².